The van der Waals surface area contributed by atoms with E-state index < -0.39 is 0 Å². The molecule has 1 aromatic carbocycles. The number of hydrogen-bond donors (Lipinski definition) is 1. The van der Waals surface area contributed by atoms with Gasteiger partial charge in [0.2, 0.25) is 0 Å². The Morgan fingerprint density at radius 1 is 1.35 bits per heavy atom. The van der Waals surface area contributed by atoms with Crippen molar-refractivity contribution in [2.24, 2.45) is 0 Å². The van der Waals surface area contributed by atoms with Crippen LogP contribution in [0.1, 0.15) is 18.1 Å². The van der Waals surface area contributed by atoms with Crippen molar-refractivity contribution in [3.05, 3.63) is 47.8 Å². The van der Waals surface area contributed by atoms with Crippen LogP contribution in [0.25, 0.3) is 0 Å². The summed E-state index contributed by atoms with van der Waals surface area (Å²) in [5.74, 6) is 0.525. The zero-order chi connectivity index (χ0) is 12.1. The highest BCUT2D eigenvalue weighted by Gasteiger charge is 2.01. The Morgan fingerprint density at radius 3 is 2.88 bits per heavy atom. The number of aryl methyl sites for hydroxylation is 1. The first-order chi connectivity index (χ1) is 8.33. The number of para-hydroxylation sites is 1. The minimum Gasteiger partial charge on any atom is -0.381 e. The van der Waals surface area contributed by atoms with Crippen LogP contribution >= 0.6 is 11.6 Å². The minimum atomic E-state index is 0.525. The first-order valence-electron chi connectivity index (χ1n) is 5.72. The predicted octanol–water partition coefficient (Wildman–Crippen LogP) is 3.25. The Balaban J connectivity index is 2.01. The summed E-state index contributed by atoms with van der Waals surface area (Å²) >= 11 is 5.88. The Morgan fingerprint density at radius 2 is 2.18 bits per heavy atom. The molecule has 1 N–H and O–H groups in total. The number of nitrogens with zero attached hydrogens (tertiary/aromatic N) is 2. The third-order valence-corrected chi connectivity index (χ3v) is 2.94. The van der Waals surface area contributed by atoms with E-state index in [0.29, 0.717) is 5.88 Å². The number of hydrogen-bond acceptors (Lipinski definition) is 2. The molecule has 90 valence electrons. The fourth-order valence-corrected chi connectivity index (χ4v) is 1.91. The number of rotatable bonds is 5. The molecule has 1 heterocycles. The molecule has 0 radical (unpaired) electrons. The van der Waals surface area contributed by atoms with E-state index in [1.54, 1.807) is 0 Å². The average molecular weight is 250 g/mol. The lowest BCUT2D eigenvalue weighted by atomic mass is 10.2. The van der Waals surface area contributed by atoms with Crippen molar-refractivity contribution >= 4 is 17.3 Å². The summed E-state index contributed by atoms with van der Waals surface area (Å²) in [5.41, 5.74) is 3.39. The molecule has 1 aromatic heterocycles. The van der Waals surface area contributed by atoms with Gasteiger partial charge in [-0.2, -0.15) is 5.10 Å². The molecule has 2 rings (SSSR count). The highest BCUT2D eigenvalue weighted by Crippen LogP contribution is 2.17. The topological polar surface area (TPSA) is 29.9 Å². The molecule has 0 amide bonds. The molecule has 0 bridgehead atoms. The fraction of sp³-hybridized carbons (Fsp3) is 0.308. The second kappa shape index (κ2) is 5.73. The maximum absolute atomic E-state index is 5.88. The maximum atomic E-state index is 5.88. The van der Waals surface area contributed by atoms with Gasteiger partial charge in [0, 0.05) is 36.4 Å². The van der Waals surface area contributed by atoms with Gasteiger partial charge in [-0.3, -0.25) is 4.68 Å². The molecule has 0 fully saturated rings. The van der Waals surface area contributed by atoms with Gasteiger partial charge in [-0.25, -0.2) is 0 Å². The molecule has 0 saturated carbocycles. The van der Waals surface area contributed by atoms with E-state index in [-0.39, 0.29) is 0 Å². The maximum Gasteiger partial charge on any atom is 0.0539 e. The molecule has 0 aliphatic heterocycles. The van der Waals surface area contributed by atoms with Gasteiger partial charge in [-0.05, 0) is 18.6 Å². The highest BCUT2D eigenvalue weighted by atomic mass is 35.5. The predicted molar refractivity (Wildman–Crippen MR) is 71.2 cm³/mol. The second-order valence-corrected chi connectivity index (χ2v) is 4.12. The molecular weight excluding hydrogens is 234 g/mol. The summed E-state index contributed by atoms with van der Waals surface area (Å²) in [5, 5.41) is 7.62. The zero-order valence-corrected chi connectivity index (χ0v) is 10.6. The van der Waals surface area contributed by atoms with E-state index >= 15 is 0 Å². The van der Waals surface area contributed by atoms with Gasteiger partial charge in [0.05, 0.1) is 6.20 Å². The van der Waals surface area contributed by atoms with Crippen LogP contribution in [-0.4, -0.2) is 9.78 Å². The van der Waals surface area contributed by atoms with Crippen molar-refractivity contribution < 1.29 is 0 Å². The first-order valence-corrected chi connectivity index (χ1v) is 6.26. The molecule has 0 spiro atoms. The SMILES string of the molecule is CCn1cc(CNc2ccccc2CCl)cn1. The number of anilines is 1. The lowest BCUT2D eigenvalue weighted by Gasteiger charge is -2.08. The van der Waals surface area contributed by atoms with E-state index in [9.17, 15) is 0 Å². The zero-order valence-electron chi connectivity index (χ0n) is 9.86. The summed E-state index contributed by atoms with van der Waals surface area (Å²) in [6.07, 6.45) is 3.94. The quantitative estimate of drug-likeness (QED) is 0.825. The van der Waals surface area contributed by atoms with Crippen molar-refractivity contribution in [2.45, 2.75) is 25.9 Å². The summed E-state index contributed by atoms with van der Waals surface area (Å²) in [6, 6.07) is 8.08. The summed E-state index contributed by atoms with van der Waals surface area (Å²) < 4.78 is 1.92. The van der Waals surface area contributed by atoms with Gasteiger partial charge in [-0.1, -0.05) is 18.2 Å². The molecule has 17 heavy (non-hydrogen) atoms. The molecule has 0 atom stereocenters. The second-order valence-electron chi connectivity index (χ2n) is 3.85. The monoisotopic (exact) mass is 249 g/mol. The van der Waals surface area contributed by atoms with Gasteiger partial charge >= 0.3 is 0 Å². The Bertz CT molecular complexity index is 479. The van der Waals surface area contributed by atoms with Gasteiger partial charge < -0.3 is 5.32 Å². The smallest absolute Gasteiger partial charge is 0.0539 e. The largest absolute Gasteiger partial charge is 0.381 e. The number of halogens is 1. The third kappa shape index (κ3) is 3.01. The van der Waals surface area contributed by atoms with Crippen LogP contribution in [0, 0.1) is 0 Å². The van der Waals surface area contributed by atoms with Gasteiger partial charge in [0.1, 0.15) is 0 Å². The number of nitrogens with one attached hydrogen (secondary N) is 1. The highest BCUT2D eigenvalue weighted by molar-refractivity contribution is 6.17. The lowest BCUT2D eigenvalue weighted by molar-refractivity contribution is 0.659. The lowest BCUT2D eigenvalue weighted by Crippen LogP contribution is -2.01. The first kappa shape index (κ1) is 12.0. The third-order valence-electron chi connectivity index (χ3n) is 2.66. The molecule has 0 unspecified atom stereocenters. The van der Waals surface area contributed by atoms with Crippen LogP contribution in [0.4, 0.5) is 5.69 Å². The fourth-order valence-electron chi connectivity index (χ4n) is 1.68. The van der Waals surface area contributed by atoms with Crippen LogP contribution in [-0.2, 0) is 19.0 Å². The molecular formula is C13H16ClN3. The van der Waals surface area contributed by atoms with E-state index in [2.05, 4.69) is 23.5 Å². The molecule has 0 aliphatic carbocycles. The van der Waals surface area contributed by atoms with Crippen LogP contribution in [0.2, 0.25) is 0 Å². The van der Waals surface area contributed by atoms with Crippen molar-refractivity contribution in [1.82, 2.24) is 9.78 Å². The number of benzene rings is 1. The van der Waals surface area contributed by atoms with Crippen molar-refractivity contribution in [3.8, 4) is 0 Å². The summed E-state index contributed by atoms with van der Waals surface area (Å²) in [6.45, 7) is 3.75. The van der Waals surface area contributed by atoms with Crippen LogP contribution in [0.3, 0.4) is 0 Å². The molecule has 0 aliphatic rings. The average Bonchev–Trinajstić information content (AvgIpc) is 2.84. The van der Waals surface area contributed by atoms with Gasteiger partial charge in [0.15, 0.2) is 0 Å². The van der Waals surface area contributed by atoms with Crippen molar-refractivity contribution in [1.29, 1.82) is 0 Å². The van der Waals surface area contributed by atoms with Crippen LogP contribution < -0.4 is 5.32 Å². The van der Waals surface area contributed by atoms with Gasteiger partial charge in [-0.15, -0.1) is 11.6 Å². The van der Waals surface area contributed by atoms with E-state index in [0.717, 1.165) is 24.3 Å². The van der Waals surface area contributed by atoms with Crippen LogP contribution in [0.5, 0.6) is 0 Å². The molecule has 4 heteroatoms. The Kier molecular flexibility index (Phi) is 4.04. The Labute approximate surface area is 106 Å². The summed E-state index contributed by atoms with van der Waals surface area (Å²) in [7, 11) is 0. The minimum absolute atomic E-state index is 0.525. The normalized spacial score (nSPS) is 10.5. The van der Waals surface area contributed by atoms with E-state index in [4.69, 9.17) is 11.6 Å². The standard InChI is InChI=1S/C13H16ClN3/c1-2-17-10-11(9-16-17)8-15-13-6-4-3-5-12(13)7-14/h3-6,9-10,15H,2,7-8H2,1H3. The van der Waals surface area contributed by atoms with Gasteiger partial charge in [0.25, 0.3) is 0 Å². The number of alkyl halides is 1. The van der Waals surface area contributed by atoms with Crippen LogP contribution in [0.15, 0.2) is 36.7 Å². The number of aromatic nitrogens is 2. The molecule has 3 nitrogen and oxygen atoms in total. The Hall–Kier alpha value is -1.48. The van der Waals surface area contributed by atoms with E-state index in [1.165, 1.54) is 5.56 Å². The summed E-state index contributed by atoms with van der Waals surface area (Å²) in [4.78, 5) is 0. The van der Waals surface area contributed by atoms with E-state index in [1.807, 2.05) is 35.1 Å². The molecule has 2 aromatic rings. The molecule has 0 saturated heterocycles. The van der Waals surface area contributed by atoms with Crippen molar-refractivity contribution in [3.63, 3.8) is 0 Å². The van der Waals surface area contributed by atoms with Crippen molar-refractivity contribution in [2.75, 3.05) is 5.32 Å².